The minimum Gasteiger partial charge on any atom is -0.316 e. The Morgan fingerprint density at radius 2 is 2.06 bits per heavy atom. The van der Waals surface area contributed by atoms with Crippen LogP contribution >= 0.6 is 0 Å². The van der Waals surface area contributed by atoms with Gasteiger partial charge in [0.05, 0.1) is 0 Å². The first-order chi connectivity index (χ1) is 8.92. The molecular formula is C16H24N2. The second-order valence-electron chi connectivity index (χ2n) is 5.82. The van der Waals surface area contributed by atoms with Gasteiger partial charge in [-0.3, -0.25) is 4.90 Å². The Labute approximate surface area is 110 Å². The molecule has 0 saturated carbocycles. The van der Waals surface area contributed by atoms with Gasteiger partial charge in [0.1, 0.15) is 0 Å². The maximum Gasteiger partial charge on any atom is 0.0236 e. The lowest BCUT2D eigenvalue weighted by atomic mass is 9.99. The Balaban J connectivity index is 1.63. The molecule has 0 radical (unpaired) electrons. The van der Waals surface area contributed by atoms with Gasteiger partial charge in [-0.05, 0) is 62.4 Å². The number of fused-ring (bicyclic) bond motifs is 1. The van der Waals surface area contributed by atoms with Crippen LogP contribution in [0.3, 0.4) is 0 Å². The van der Waals surface area contributed by atoms with Gasteiger partial charge in [0.15, 0.2) is 0 Å². The molecular weight excluding hydrogens is 220 g/mol. The van der Waals surface area contributed by atoms with Crippen LogP contribution in [0.25, 0.3) is 0 Å². The van der Waals surface area contributed by atoms with Gasteiger partial charge < -0.3 is 5.32 Å². The molecule has 2 aliphatic rings. The third-order valence-electron chi connectivity index (χ3n) is 4.35. The van der Waals surface area contributed by atoms with E-state index < -0.39 is 0 Å². The van der Waals surface area contributed by atoms with Crippen LogP contribution in [0.1, 0.15) is 30.4 Å². The average Bonchev–Trinajstić information content (AvgIpc) is 2.61. The quantitative estimate of drug-likeness (QED) is 0.859. The minimum absolute atomic E-state index is 0.865. The predicted molar refractivity (Wildman–Crippen MR) is 75.6 cm³/mol. The lowest BCUT2D eigenvalue weighted by molar-refractivity contribution is 0.203. The monoisotopic (exact) mass is 244 g/mol. The van der Waals surface area contributed by atoms with Gasteiger partial charge in [-0.15, -0.1) is 0 Å². The maximum atomic E-state index is 3.53. The van der Waals surface area contributed by atoms with Crippen molar-refractivity contribution in [2.45, 2.75) is 32.2 Å². The van der Waals surface area contributed by atoms with Gasteiger partial charge in [0.25, 0.3) is 0 Å². The number of rotatable bonds is 2. The van der Waals surface area contributed by atoms with Crippen molar-refractivity contribution in [3.63, 3.8) is 0 Å². The SMILES string of the molecule is c1ccc2c(c1)CCCN(CC1CCCNC1)C2. The summed E-state index contributed by atoms with van der Waals surface area (Å²) in [5.74, 6) is 0.865. The first kappa shape index (κ1) is 12.2. The van der Waals surface area contributed by atoms with Crippen LogP contribution in [-0.2, 0) is 13.0 Å². The molecule has 1 atom stereocenters. The first-order valence-corrected chi connectivity index (χ1v) is 7.41. The fourth-order valence-electron chi connectivity index (χ4n) is 3.37. The molecule has 1 fully saturated rings. The van der Waals surface area contributed by atoms with Gasteiger partial charge in [-0.1, -0.05) is 24.3 Å². The summed E-state index contributed by atoms with van der Waals surface area (Å²) in [7, 11) is 0. The zero-order valence-electron chi connectivity index (χ0n) is 11.2. The molecule has 0 bridgehead atoms. The standard InChI is InChI=1S/C16H24N2/c1-2-7-16-13-18(10-4-8-15(16)6-1)12-14-5-3-9-17-11-14/h1-2,6-7,14,17H,3-5,8-13H2. The highest BCUT2D eigenvalue weighted by Crippen LogP contribution is 2.20. The molecule has 3 rings (SSSR count). The zero-order valence-corrected chi connectivity index (χ0v) is 11.2. The van der Waals surface area contributed by atoms with Gasteiger partial charge in [-0.2, -0.15) is 0 Å². The van der Waals surface area contributed by atoms with Crippen LogP contribution in [0.15, 0.2) is 24.3 Å². The van der Waals surface area contributed by atoms with Crippen molar-refractivity contribution in [2.75, 3.05) is 26.2 Å². The molecule has 0 amide bonds. The van der Waals surface area contributed by atoms with Gasteiger partial charge in [0, 0.05) is 13.1 Å². The van der Waals surface area contributed by atoms with Crippen LogP contribution < -0.4 is 5.32 Å². The topological polar surface area (TPSA) is 15.3 Å². The van der Waals surface area contributed by atoms with E-state index in [0.29, 0.717) is 0 Å². The summed E-state index contributed by atoms with van der Waals surface area (Å²) in [6.07, 6.45) is 5.34. The molecule has 1 N–H and O–H groups in total. The van der Waals surface area contributed by atoms with Crippen molar-refractivity contribution in [1.29, 1.82) is 0 Å². The van der Waals surface area contributed by atoms with Crippen molar-refractivity contribution in [3.05, 3.63) is 35.4 Å². The minimum atomic E-state index is 0.865. The van der Waals surface area contributed by atoms with Crippen LogP contribution in [0, 0.1) is 5.92 Å². The third kappa shape index (κ3) is 2.93. The van der Waals surface area contributed by atoms with Crippen molar-refractivity contribution in [3.8, 4) is 0 Å². The summed E-state index contributed by atoms with van der Waals surface area (Å²) in [4.78, 5) is 2.67. The van der Waals surface area contributed by atoms with Crippen molar-refractivity contribution < 1.29 is 0 Å². The molecule has 2 nitrogen and oxygen atoms in total. The van der Waals surface area contributed by atoms with Crippen LogP contribution in [-0.4, -0.2) is 31.1 Å². The van der Waals surface area contributed by atoms with Gasteiger partial charge in [-0.25, -0.2) is 0 Å². The molecule has 1 unspecified atom stereocenters. The van der Waals surface area contributed by atoms with Crippen LogP contribution in [0.5, 0.6) is 0 Å². The number of aryl methyl sites for hydroxylation is 1. The Morgan fingerprint density at radius 3 is 2.89 bits per heavy atom. The molecule has 2 aliphatic heterocycles. The molecule has 2 heteroatoms. The lowest BCUT2D eigenvalue weighted by Crippen LogP contribution is -2.38. The highest BCUT2D eigenvalue weighted by atomic mass is 15.1. The molecule has 0 aromatic heterocycles. The fourth-order valence-corrected chi connectivity index (χ4v) is 3.37. The second-order valence-corrected chi connectivity index (χ2v) is 5.82. The van der Waals surface area contributed by atoms with E-state index in [1.807, 2.05) is 0 Å². The number of piperidine rings is 1. The summed E-state index contributed by atoms with van der Waals surface area (Å²) >= 11 is 0. The molecule has 0 aliphatic carbocycles. The third-order valence-corrected chi connectivity index (χ3v) is 4.35. The van der Waals surface area contributed by atoms with E-state index in [0.717, 1.165) is 12.5 Å². The Hall–Kier alpha value is -0.860. The second kappa shape index (κ2) is 5.85. The number of nitrogens with one attached hydrogen (secondary N) is 1. The molecule has 2 heterocycles. The summed E-state index contributed by atoms with van der Waals surface area (Å²) in [6.45, 7) is 6.15. The Morgan fingerprint density at radius 1 is 1.17 bits per heavy atom. The van der Waals surface area contributed by atoms with E-state index >= 15 is 0 Å². The predicted octanol–water partition coefficient (Wildman–Crippen LogP) is 2.43. The van der Waals surface area contributed by atoms with E-state index in [9.17, 15) is 0 Å². The number of hydrogen-bond acceptors (Lipinski definition) is 2. The van der Waals surface area contributed by atoms with Crippen LogP contribution in [0.2, 0.25) is 0 Å². The summed E-state index contributed by atoms with van der Waals surface area (Å²) < 4.78 is 0. The Bertz CT molecular complexity index is 382. The summed E-state index contributed by atoms with van der Waals surface area (Å²) in [6, 6.07) is 8.98. The highest BCUT2D eigenvalue weighted by molar-refractivity contribution is 5.28. The van der Waals surface area contributed by atoms with Crippen LogP contribution in [0.4, 0.5) is 0 Å². The zero-order chi connectivity index (χ0) is 12.2. The maximum absolute atomic E-state index is 3.53. The van der Waals surface area contributed by atoms with Gasteiger partial charge >= 0.3 is 0 Å². The molecule has 0 spiro atoms. The lowest BCUT2D eigenvalue weighted by Gasteiger charge is -2.29. The van der Waals surface area contributed by atoms with Crippen molar-refractivity contribution in [2.24, 2.45) is 5.92 Å². The smallest absolute Gasteiger partial charge is 0.0236 e. The van der Waals surface area contributed by atoms with E-state index in [-0.39, 0.29) is 0 Å². The van der Waals surface area contributed by atoms with E-state index in [2.05, 4.69) is 34.5 Å². The van der Waals surface area contributed by atoms with E-state index in [1.54, 1.807) is 11.1 Å². The van der Waals surface area contributed by atoms with Crippen molar-refractivity contribution >= 4 is 0 Å². The average molecular weight is 244 g/mol. The van der Waals surface area contributed by atoms with Crippen molar-refractivity contribution in [1.82, 2.24) is 10.2 Å². The number of hydrogen-bond donors (Lipinski definition) is 1. The summed E-state index contributed by atoms with van der Waals surface area (Å²) in [5.41, 5.74) is 3.13. The molecule has 1 saturated heterocycles. The molecule has 18 heavy (non-hydrogen) atoms. The molecule has 98 valence electrons. The van der Waals surface area contributed by atoms with Gasteiger partial charge in [0.2, 0.25) is 0 Å². The van der Waals surface area contributed by atoms with E-state index in [1.165, 1.54) is 51.9 Å². The fraction of sp³-hybridized carbons (Fsp3) is 0.625. The highest BCUT2D eigenvalue weighted by Gasteiger charge is 2.19. The first-order valence-electron chi connectivity index (χ1n) is 7.41. The molecule has 1 aromatic carbocycles. The number of nitrogens with zero attached hydrogens (tertiary/aromatic N) is 1. The Kier molecular flexibility index (Phi) is 3.96. The largest absolute Gasteiger partial charge is 0.316 e. The summed E-state index contributed by atoms with van der Waals surface area (Å²) in [5, 5.41) is 3.53. The number of benzene rings is 1. The molecule has 1 aromatic rings. The normalized spacial score (nSPS) is 25.4. The van der Waals surface area contributed by atoms with E-state index in [4.69, 9.17) is 0 Å².